The van der Waals surface area contributed by atoms with Crippen molar-refractivity contribution < 1.29 is 9.85 Å². The van der Waals surface area contributed by atoms with Gasteiger partial charge in [-0.3, -0.25) is 20.2 Å². The van der Waals surface area contributed by atoms with E-state index < -0.39 is 21.2 Å². The summed E-state index contributed by atoms with van der Waals surface area (Å²) in [6.07, 6.45) is 0. The summed E-state index contributed by atoms with van der Waals surface area (Å²) in [5.74, 6) is 0. The summed E-state index contributed by atoms with van der Waals surface area (Å²) < 4.78 is 0. The number of nitrogens with zero attached hydrogens (tertiary/aromatic N) is 2. The summed E-state index contributed by atoms with van der Waals surface area (Å²) in [6, 6.07) is 20.7. The first-order valence-electron chi connectivity index (χ1n) is 7.16. The third-order valence-corrected chi connectivity index (χ3v) is 3.70. The van der Waals surface area contributed by atoms with E-state index in [1.807, 2.05) is 42.5 Å². The Morgan fingerprint density at radius 2 is 1.17 bits per heavy atom. The molecule has 0 amide bonds. The molecule has 0 bridgehead atoms. The van der Waals surface area contributed by atoms with Crippen LogP contribution in [0.5, 0.6) is 0 Å². The second-order valence-corrected chi connectivity index (χ2v) is 5.10. The van der Waals surface area contributed by atoms with Crippen molar-refractivity contribution in [2.45, 2.75) is 0 Å². The summed E-state index contributed by atoms with van der Waals surface area (Å²) in [5, 5.41) is 22.6. The third kappa shape index (κ3) is 2.72. The van der Waals surface area contributed by atoms with Crippen molar-refractivity contribution >= 4 is 11.4 Å². The van der Waals surface area contributed by atoms with Crippen LogP contribution in [-0.2, 0) is 0 Å². The quantitative estimate of drug-likeness (QED) is 0.508. The molecule has 0 atom stereocenters. The SMILES string of the molecule is O=[N+]([O-])c1cccc(-c2ccccc2-c2ccccc2)c1[N+](=O)[O-]. The molecule has 0 heterocycles. The average molecular weight is 320 g/mol. The Balaban J connectivity index is 2.31. The number of hydrogen-bond acceptors (Lipinski definition) is 4. The highest BCUT2D eigenvalue weighted by Crippen LogP contribution is 2.41. The lowest BCUT2D eigenvalue weighted by atomic mass is 9.93. The van der Waals surface area contributed by atoms with Crippen LogP contribution in [0.25, 0.3) is 22.3 Å². The highest BCUT2D eigenvalue weighted by molar-refractivity contribution is 5.89. The normalized spacial score (nSPS) is 10.3. The Labute approximate surface area is 137 Å². The van der Waals surface area contributed by atoms with Crippen LogP contribution < -0.4 is 0 Å². The van der Waals surface area contributed by atoms with E-state index in [2.05, 4.69) is 0 Å². The molecule has 3 aromatic carbocycles. The van der Waals surface area contributed by atoms with Gasteiger partial charge in [0, 0.05) is 6.07 Å². The Bertz CT molecular complexity index is 923. The lowest BCUT2D eigenvalue weighted by molar-refractivity contribution is -0.422. The molecular weight excluding hydrogens is 308 g/mol. The van der Waals surface area contributed by atoms with Gasteiger partial charge in [0.2, 0.25) is 0 Å². The lowest BCUT2D eigenvalue weighted by Crippen LogP contribution is -1.99. The van der Waals surface area contributed by atoms with Crippen LogP contribution in [0.2, 0.25) is 0 Å². The van der Waals surface area contributed by atoms with Gasteiger partial charge in [0.25, 0.3) is 0 Å². The lowest BCUT2D eigenvalue weighted by Gasteiger charge is -2.10. The van der Waals surface area contributed by atoms with Gasteiger partial charge in [-0.25, -0.2) is 0 Å². The molecule has 6 heteroatoms. The van der Waals surface area contributed by atoms with Crippen LogP contribution in [0.4, 0.5) is 11.4 Å². The Morgan fingerprint density at radius 3 is 1.79 bits per heavy atom. The first kappa shape index (κ1) is 15.4. The van der Waals surface area contributed by atoms with Crippen molar-refractivity contribution in [1.29, 1.82) is 0 Å². The monoisotopic (exact) mass is 320 g/mol. The molecule has 0 fully saturated rings. The summed E-state index contributed by atoms with van der Waals surface area (Å²) in [7, 11) is 0. The molecule has 0 spiro atoms. The van der Waals surface area contributed by atoms with Crippen molar-refractivity contribution in [3.63, 3.8) is 0 Å². The Morgan fingerprint density at radius 1 is 0.583 bits per heavy atom. The van der Waals surface area contributed by atoms with E-state index in [1.54, 1.807) is 12.1 Å². The van der Waals surface area contributed by atoms with Gasteiger partial charge in [0.15, 0.2) is 0 Å². The molecule has 24 heavy (non-hydrogen) atoms. The molecular formula is C18H12N2O4. The maximum Gasteiger partial charge on any atom is 0.353 e. The fourth-order valence-corrected chi connectivity index (χ4v) is 2.68. The topological polar surface area (TPSA) is 86.3 Å². The number of nitro benzene ring substituents is 2. The van der Waals surface area contributed by atoms with Crippen molar-refractivity contribution in [1.82, 2.24) is 0 Å². The van der Waals surface area contributed by atoms with E-state index in [0.717, 1.165) is 17.2 Å². The van der Waals surface area contributed by atoms with E-state index in [4.69, 9.17) is 0 Å². The maximum absolute atomic E-state index is 11.5. The van der Waals surface area contributed by atoms with Gasteiger partial charge in [0.1, 0.15) is 0 Å². The van der Waals surface area contributed by atoms with E-state index in [0.29, 0.717) is 5.56 Å². The van der Waals surface area contributed by atoms with E-state index >= 15 is 0 Å². The third-order valence-electron chi connectivity index (χ3n) is 3.70. The first-order valence-corrected chi connectivity index (χ1v) is 7.16. The highest BCUT2D eigenvalue weighted by Gasteiger charge is 2.29. The van der Waals surface area contributed by atoms with Gasteiger partial charge in [0.05, 0.1) is 15.4 Å². The zero-order valence-electron chi connectivity index (χ0n) is 12.5. The minimum absolute atomic E-state index is 0.230. The molecule has 3 aromatic rings. The van der Waals surface area contributed by atoms with Crippen LogP contribution in [0.1, 0.15) is 0 Å². The standard InChI is InChI=1S/C18H12N2O4/c21-19(22)17-12-6-11-16(18(17)20(23)24)15-10-5-4-9-14(15)13-7-2-1-3-8-13/h1-12H. The van der Waals surface area contributed by atoms with Crippen molar-refractivity contribution in [2.24, 2.45) is 0 Å². The van der Waals surface area contributed by atoms with Crippen LogP contribution >= 0.6 is 0 Å². The molecule has 0 aliphatic heterocycles. The van der Waals surface area contributed by atoms with Crippen LogP contribution in [0, 0.1) is 20.2 Å². The second-order valence-electron chi connectivity index (χ2n) is 5.10. The molecule has 0 saturated carbocycles. The van der Waals surface area contributed by atoms with Gasteiger partial charge in [-0.2, -0.15) is 0 Å². The van der Waals surface area contributed by atoms with Gasteiger partial charge in [-0.1, -0.05) is 60.7 Å². The van der Waals surface area contributed by atoms with Gasteiger partial charge >= 0.3 is 11.4 Å². The van der Waals surface area contributed by atoms with Crippen LogP contribution in [0.3, 0.4) is 0 Å². The van der Waals surface area contributed by atoms with Crippen molar-refractivity contribution in [3.8, 4) is 22.3 Å². The number of nitro groups is 2. The number of hydrogen-bond donors (Lipinski definition) is 0. The molecule has 0 saturated heterocycles. The fraction of sp³-hybridized carbons (Fsp3) is 0. The van der Waals surface area contributed by atoms with Gasteiger partial charge < -0.3 is 0 Å². The molecule has 0 N–H and O–H groups in total. The molecule has 0 aliphatic carbocycles. The van der Waals surface area contributed by atoms with E-state index in [-0.39, 0.29) is 5.56 Å². The van der Waals surface area contributed by atoms with E-state index in [1.165, 1.54) is 12.1 Å². The molecule has 0 unspecified atom stereocenters. The minimum atomic E-state index is -0.729. The number of para-hydroxylation sites is 1. The summed E-state index contributed by atoms with van der Waals surface area (Å²) in [4.78, 5) is 21.2. The maximum atomic E-state index is 11.5. The zero-order valence-corrected chi connectivity index (χ0v) is 12.5. The molecule has 0 radical (unpaired) electrons. The smallest absolute Gasteiger partial charge is 0.258 e. The average Bonchev–Trinajstić information content (AvgIpc) is 2.61. The minimum Gasteiger partial charge on any atom is -0.258 e. The van der Waals surface area contributed by atoms with Crippen LogP contribution in [-0.4, -0.2) is 9.85 Å². The molecule has 6 nitrogen and oxygen atoms in total. The van der Waals surface area contributed by atoms with Crippen molar-refractivity contribution in [3.05, 3.63) is 93.0 Å². The van der Waals surface area contributed by atoms with Gasteiger partial charge in [-0.15, -0.1) is 0 Å². The molecule has 3 rings (SSSR count). The summed E-state index contributed by atoms with van der Waals surface area (Å²) in [5.41, 5.74) is 1.47. The fourth-order valence-electron chi connectivity index (χ4n) is 2.68. The highest BCUT2D eigenvalue weighted by atomic mass is 16.6. The Hall–Kier alpha value is -3.54. The summed E-state index contributed by atoms with van der Waals surface area (Å²) >= 11 is 0. The second kappa shape index (κ2) is 6.29. The number of benzene rings is 3. The number of rotatable bonds is 4. The predicted molar refractivity (Wildman–Crippen MR) is 90.6 cm³/mol. The van der Waals surface area contributed by atoms with Crippen LogP contribution in [0.15, 0.2) is 72.8 Å². The first-order chi connectivity index (χ1) is 11.6. The van der Waals surface area contributed by atoms with E-state index in [9.17, 15) is 20.2 Å². The molecule has 118 valence electrons. The zero-order chi connectivity index (χ0) is 17.1. The largest absolute Gasteiger partial charge is 0.353 e. The predicted octanol–water partition coefficient (Wildman–Crippen LogP) is 4.84. The van der Waals surface area contributed by atoms with Gasteiger partial charge in [-0.05, 0) is 22.8 Å². The molecule has 0 aromatic heterocycles. The summed E-state index contributed by atoms with van der Waals surface area (Å²) in [6.45, 7) is 0. The Kier molecular flexibility index (Phi) is 4.03. The molecule has 0 aliphatic rings. The van der Waals surface area contributed by atoms with Crippen molar-refractivity contribution in [2.75, 3.05) is 0 Å².